The molecule has 2 aromatic carbocycles. The van der Waals surface area contributed by atoms with Gasteiger partial charge < -0.3 is 9.84 Å². The molecule has 0 spiro atoms. The summed E-state index contributed by atoms with van der Waals surface area (Å²) >= 11 is 0. The lowest BCUT2D eigenvalue weighted by molar-refractivity contribution is 0.0442. The summed E-state index contributed by atoms with van der Waals surface area (Å²) in [6.45, 7) is 1.83. The number of benzene rings is 2. The number of hydrogen-bond donors (Lipinski definition) is 2. The van der Waals surface area contributed by atoms with Gasteiger partial charge in [0.15, 0.2) is 11.6 Å². The first kappa shape index (κ1) is 17.8. The lowest BCUT2D eigenvalue weighted by Gasteiger charge is -2.24. The summed E-state index contributed by atoms with van der Waals surface area (Å²) in [6.07, 6.45) is 1.12. The number of fused-ring (bicyclic) bond motifs is 1. The number of hydrogen-bond acceptors (Lipinski definition) is 4. The minimum absolute atomic E-state index is 0.00444. The minimum Gasteiger partial charge on any atom is -0.491 e. The molecule has 1 aliphatic rings. The molecule has 2 aromatic rings. The van der Waals surface area contributed by atoms with Crippen LogP contribution in [0.1, 0.15) is 24.5 Å². The first-order valence-electron chi connectivity index (χ1n) is 8.08. The van der Waals surface area contributed by atoms with Crippen molar-refractivity contribution in [3.63, 3.8) is 0 Å². The van der Waals surface area contributed by atoms with Gasteiger partial charge in [-0.2, -0.15) is 0 Å². The molecule has 5 nitrogen and oxygen atoms in total. The highest BCUT2D eigenvalue weighted by Gasteiger charge is 2.37. The Morgan fingerprint density at radius 1 is 1.28 bits per heavy atom. The molecule has 7 heteroatoms. The molecule has 2 N–H and O–H groups in total. The van der Waals surface area contributed by atoms with Gasteiger partial charge in [0.25, 0.3) is 0 Å². The second-order valence-electron chi connectivity index (χ2n) is 6.04. The Morgan fingerprint density at radius 3 is 2.76 bits per heavy atom. The molecule has 0 fully saturated rings. The summed E-state index contributed by atoms with van der Waals surface area (Å²) in [5, 5.41) is 10.8. The third-order valence-electron chi connectivity index (χ3n) is 4.39. The van der Waals surface area contributed by atoms with Crippen molar-refractivity contribution in [2.75, 3.05) is 13.2 Å². The zero-order valence-electron chi connectivity index (χ0n) is 13.8. The van der Waals surface area contributed by atoms with E-state index in [0.717, 1.165) is 17.2 Å². The van der Waals surface area contributed by atoms with Gasteiger partial charge in [0.1, 0.15) is 5.60 Å². The Morgan fingerprint density at radius 2 is 2.04 bits per heavy atom. The topological polar surface area (TPSA) is 75.6 Å². The molecule has 0 amide bonds. The third-order valence-corrected chi connectivity index (χ3v) is 5.79. The van der Waals surface area contributed by atoms with Gasteiger partial charge >= 0.3 is 0 Å². The summed E-state index contributed by atoms with van der Waals surface area (Å²) in [5.74, 6) is -0.737. The van der Waals surface area contributed by atoms with Gasteiger partial charge in [-0.05, 0) is 49.1 Å². The van der Waals surface area contributed by atoms with E-state index in [1.165, 1.54) is 12.1 Å². The number of ether oxygens (including phenoxy) is 1. The van der Waals surface area contributed by atoms with Crippen molar-refractivity contribution >= 4 is 10.0 Å². The largest absolute Gasteiger partial charge is 0.491 e. The molecule has 1 unspecified atom stereocenters. The van der Waals surface area contributed by atoms with Crippen molar-refractivity contribution in [2.45, 2.75) is 30.3 Å². The van der Waals surface area contributed by atoms with Crippen LogP contribution < -0.4 is 9.46 Å². The first-order valence-corrected chi connectivity index (χ1v) is 9.57. The molecule has 0 aromatic heterocycles. The molecule has 0 saturated carbocycles. The summed E-state index contributed by atoms with van der Waals surface area (Å²) in [7, 11) is -3.95. The van der Waals surface area contributed by atoms with Gasteiger partial charge in [-0.1, -0.05) is 24.3 Å². The van der Waals surface area contributed by atoms with Crippen LogP contribution in [-0.2, 0) is 22.0 Å². The highest BCUT2D eigenvalue weighted by Crippen LogP contribution is 2.36. The van der Waals surface area contributed by atoms with Crippen LogP contribution in [0.2, 0.25) is 0 Å². The monoisotopic (exact) mass is 365 g/mol. The van der Waals surface area contributed by atoms with E-state index in [1.54, 1.807) is 13.0 Å². The van der Waals surface area contributed by atoms with Crippen LogP contribution in [-0.4, -0.2) is 26.7 Å². The van der Waals surface area contributed by atoms with Crippen LogP contribution in [0.4, 0.5) is 4.39 Å². The summed E-state index contributed by atoms with van der Waals surface area (Å²) in [6, 6.07) is 10.9. The van der Waals surface area contributed by atoms with Crippen molar-refractivity contribution in [3.05, 3.63) is 59.4 Å². The average Bonchev–Trinajstić information content (AvgIpc) is 2.93. The molecule has 3 rings (SSSR count). The molecule has 134 valence electrons. The highest BCUT2D eigenvalue weighted by molar-refractivity contribution is 7.89. The fourth-order valence-electron chi connectivity index (χ4n) is 3.07. The smallest absolute Gasteiger partial charge is 0.240 e. The number of sulfonamides is 1. The zero-order valence-corrected chi connectivity index (χ0v) is 14.6. The molecule has 0 bridgehead atoms. The normalized spacial score (nSPS) is 19.6. The Labute approximate surface area is 146 Å². The number of aryl methyl sites for hydroxylation is 1. The summed E-state index contributed by atoms with van der Waals surface area (Å²) < 4.78 is 46.2. The highest BCUT2D eigenvalue weighted by atomic mass is 32.2. The molecule has 25 heavy (non-hydrogen) atoms. The van der Waals surface area contributed by atoms with Gasteiger partial charge in [0, 0.05) is 6.54 Å². The molecular formula is C18H20FNO4S. The lowest BCUT2D eigenvalue weighted by Crippen LogP contribution is -2.39. The molecular weight excluding hydrogens is 345 g/mol. The molecule has 0 heterocycles. The quantitative estimate of drug-likeness (QED) is 0.824. The molecule has 1 aliphatic carbocycles. The van der Waals surface area contributed by atoms with Gasteiger partial charge in [-0.15, -0.1) is 0 Å². The summed E-state index contributed by atoms with van der Waals surface area (Å²) in [5.41, 5.74) is 0.486. The standard InChI is InChI=1S/C18H20FNO4S/c1-2-24-17-8-7-14(11-16(17)19)25(22,23)20-12-18(21)10-9-13-5-3-4-6-15(13)18/h3-8,11,20-21H,2,9-10,12H2,1H3. The summed E-state index contributed by atoms with van der Waals surface area (Å²) in [4.78, 5) is -0.205. The van der Waals surface area contributed by atoms with E-state index in [4.69, 9.17) is 4.74 Å². The van der Waals surface area contributed by atoms with Crippen LogP contribution in [0.15, 0.2) is 47.4 Å². The van der Waals surface area contributed by atoms with Gasteiger partial charge in [-0.25, -0.2) is 17.5 Å². The number of halogens is 1. The Bertz CT molecular complexity index is 884. The number of aliphatic hydroxyl groups is 1. The van der Waals surface area contributed by atoms with E-state index in [9.17, 15) is 17.9 Å². The molecule has 0 aliphatic heterocycles. The molecule has 1 atom stereocenters. The van der Waals surface area contributed by atoms with E-state index in [2.05, 4.69) is 4.72 Å². The van der Waals surface area contributed by atoms with Gasteiger partial charge in [0.2, 0.25) is 10.0 Å². The predicted molar refractivity (Wildman–Crippen MR) is 91.4 cm³/mol. The van der Waals surface area contributed by atoms with Crippen molar-refractivity contribution < 1.29 is 22.7 Å². The molecule has 0 radical (unpaired) electrons. The van der Waals surface area contributed by atoms with Crippen molar-refractivity contribution in [1.82, 2.24) is 4.72 Å². The van der Waals surface area contributed by atoms with Crippen LogP contribution in [0, 0.1) is 5.82 Å². The Hall–Kier alpha value is -1.96. The van der Waals surface area contributed by atoms with Crippen LogP contribution in [0.25, 0.3) is 0 Å². The van der Waals surface area contributed by atoms with E-state index >= 15 is 0 Å². The van der Waals surface area contributed by atoms with Crippen LogP contribution >= 0.6 is 0 Å². The Balaban J connectivity index is 1.78. The van der Waals surface area contributed by atoms with Crippen molar-refractivity contribution in [1.29, 1.82) is 0 Å². The van der Waals surface area contributed by atoms with E-state index in [1.807, 2.05) is 18.2 Å². The number of rotatable bonds is 6. The van der Waals surface area contributed by atoms with Crippen LogP contribution in [0.3, 0.4) is 0 Å². The maximum absolute atomic E-state index is 13.9. The third kappa shape index (κ3) is 3.53. The van der Waals surface area contributed by atoms with E-state index in [0.29, 0.717) is 12.8 Å². The second-order valence-corrected chi connectivity index (χ2v) is 7.81. The van der Waals surface area contributed by atoms with E-state index < -0.39 is 21.4 Å². The lowest BCUT2D eigenvalue weighted by atomic mass is 9.96. The SMILES string of the molecule is CCOc1ccc(S(=O)(=O)NCC2(O)CCc3ccccc32)cc1F. The van der Waals surface area contributed by atoms with E-state index in [-0.39, 0.29) is 23.8 Å². The van der Waals surface area contributed by atoms with Crippen molar-refractivity contribution in [3.8, 4) is 5.75 Å². The minimum atomic E-state index is -3.95. The predicted octanol–water partition coefficient (Wildman–Crippen LogP) is 2.34. The Kier molecular flexibility index (Phi) is 4.81. The average molecular weight is 365 g/mol. The van der Waals surface area contributed by atoms with Gasteiger partial charge in [-0.3, -0.25) is 0 Å². The number of nitrogens with one attached hydrogen (secondary N) is 1. The first-order chi connectivity index (χ1) is 11.9. The van der Waals surface area contributed by atoms with Crippen molar-refractivity contribution in [2.24, 2.45) is 0 Å². The zero-order chi connectivity index (χ0) is 18.1. The molecule has 0 saturated heterocycles. The fourth-order valence-corrected chi connectivity index (χ4v) is 4.17. The van der Waals surface area contributed by atoms with Crippen LogP contribution in [0.5, 0.6) is 5.75 Å². The van der Waals surface area contributed by atoms with Gasteiger partial charge in [0.05, 0.1) is 11.5 Å². The fraction of sp³-hybridized carbons (Fsp3) is 0.333. The maximum Gasteiger partial charge on any atom is 0.240 e. The second kappa shape index (κ2) is 6.74. The maximum atomic E-state index is 13.9.